The van der Waals surface area contributed by atoms with Crippen molar-refractivity contribution < 1.29 is 8.91 Å². The first-order valence-corrected chi connectivity index (χ1v) is 4.43. The monoisotopic (exact) mass is 241 g/mol. The summed E-state index contributed by atoms with van der Waals surface area (Å²) in [5.41, 5.74) is 0.918. The van der Waals surface area contributed by atoms with Crippen LogP contribution in [0.5, 0.6) is 0 Å². The molecule has 0 aliphatic carbocycles. The van der Waals surface area contributed by atoms with Gasteiger partial charge in [0.05, 0.1) is 5.56 Å². The summed E-state index contributed by atoms with van der Waals surface area (Å²) in [6, 6.07) is 6.38. The largest absolute Gasteiger partial charge is 0.364 e. The standard InChI is InChI=1S/C9H5BrFNO/c10-6-2-1-3-7(11)9(6)8-4-5-13-12-8/h1-5H. The van der Waals surface area contributed by atoms with Crippen molar-refractivity contribution in [1.82, 2.24) is 5.16 Å². The van der Waals surface area contributed by atoms with Crippen molar-refractivity contribution in [2.45, 2.75) is 0 Å². The van der Waals surface area contributed by atoms with Crippen molar-refractivity contribution in [2.75, 3.05) is 0 Å². The first-order valence-electron chi connectivity index (χ1n) is 3.64. The summed E-state index contributed by atoms with van der Waals surface area (Å²) in [7, 11) is 0. The average Bonchev–Trinajstić information content (AvgIpc) is 2.57. The summed E-state index contributed by atoms with van der Waals surface area (Å²) in [5, 5.41) is 3.66. The van der Waals surface area contributed by atoms with Crippen LogP contribution in [0.15, 0.2) is 39.5 Å². The molecule has 4 heteroatoms. The lowest BCUT2D eigenvalue weighted by Gasteiger charge is -2.00. The van der Waals surface area contributed by atoms with E-state index in [9.17, 15) is 4.39 Å². The molecule has 13 heavy (non-hydrogen) atoms. The molecule has 0 fully saturated rings. The van der Waals surface area contributed by atoms with E-state index in [2.05, 4.69) is 25.6 Å². The SMILES string of the molecule is Fc1cccc(Br)c1-c1ccon1. The molecular formula is C9H5BrFNO. The van der Waals surface area contributed by atoms with Crippen LogP contribution in [0.3, 0.4) is 0 Å². The Morgan fingerprint density at radius 1 is 1.31 bits per heavy atom. The van der Waals surface area contributed by atoms with E-state index in [0.29, 0.717) is 15.7 Å². The summed E-state index contributed by atoms with van der Waals surface area (Å²) in [4.78, 5) is 0. The molecule has 0 aliphatic rings. The Hall–Kier alpha value is -1.16. The third-order valence-electron chi connectivity index (χ3n) is 1.66. The molecule has 0 spiro atoms. The predicted octanol–water partition coefficient (Wildman–Crippen LogP) is 3.24. The smallest absolute Gasteiger partial charge is 0.133 e. The Bertz CT molecular complexity index is 393. The van der Waals surface area contributed by atoms with Crippen LogP contribution in [-0.4, -0.2) is 5.16 Å². The van der Waals surface area contributed by atoms with Crippen molar-refractivity contribution in [3.63, 3.8) is 0 Å². The maximum absolute atomic E-state index is 13.3. The van der Waals surface area contributed by atoms with Crippen molar-refractivity contribution in [3.05, 3.63) is 40.8 Å². The van der Waals surface area contributed by atoms with E-state index in [0.717, 1.165) is 0 Å². The van der Waals surface area contributed by atoms with E-state index in [4.69, 9.17) is 0 Å². The van der Waals surface area contributed by atoms with E-state index in [1.165, 1.54) is 12.3 Å². The molecule has 0 bridgehead atoms. The molecule has 2 rings (SSSR count). The van der Waals surface area contributed by atoms with E-state index < -0.39 is 0 Å². The number of benzene rings is 1. The highest BCUT2D eigenvalue weighted by molar-refractivity contribution is 9.10. The Kier molecular flexibility index (Phi) is 2.14. The fourth-order valence-corrected chi connectivity index (χ4v) is 1.63. The lowest BCUT2D eigenvalue weighted by Crippen LogP contribution is -1.85. The molecule has 0 amide bonds. The minimum atomic E-state index is -0.316. The van der Waals surface area contributed by atoms with Crippen LogP contribution in [0.1, 0.15) is 0 Å². The third-order valence-corrected chi connectivity index (χ3v) is 2.32. The van der Waals surface area contributed by atoms with Gasteiger partial charge < -0.3 is 4.52 Å². The topological polar surface area (TPSA) is 26.0 Å². The van der Waals surface area contributed by atoms with Crippen molar-refractivity contribution in [3.8, 4) is 11.3 Å². The number of hydrogen-bond acceptors (Lipinski definition) is 2. The molecule has 0 N–H and O–H groups in total. The average molecular weight is 242 g/mol. The Morgan fingerprint density at radius 3 is 2.77 bits per heavy atom. The Morgan fingerprint density at radius 2 is 2.15 bits per heavy atom. The van der Waals surface area contributed by atoms with Crippen molar-refractivity contribution in [2.24, 2.45) is 0 Å². The fourth-order valence-electron chi connectivity index (χ4n) is 1.08. The molecule has 0 aliphatic heterocycles. The van der Waals surface area contributed by atoms with Crippen LogP contribution in [0.25, 0.3) is 11.3 Å². The van der Waals surface area contributed by atoms with Gasteiger partial charge in [0.2, 0.25) is 0 Å². The van der Waals surface area contributed by atoms with E-state index >= 15 is 0 Å². The van der Waals surface area contributed by atoms with E-state index in [1.807, 2.05) is 0 Å². The van der Waals surface area contributed by atoms with Gasteiger partial charge in [0, 0.05) is 10.5 Å². The predicted molar refractivity (Wildman–Crippen MR) is 49.6 cm³/mol. The second-order valence-corrected chi connectivity index (χ2v) is 3.34. The minimum Gasteiger partial charge on any atom is -0.364 e. The number of hydrogen-bond donors (Lipinski definition) is 0. The number of halogens is 2. The van der Waals surface area contributed by atoms with Crippen LogP contribution >= 0.6 is 15.9 Å². The first-order chi connectivity index (χ1) is 6.29. The van der Waals surface area contributed by atoms with Gasteiger partial charge in [-0.05, 0) is 28.1 Å². The molecule has 1 aromatic heterocycles. The quantitative estimate of drug-likeness (QED) is 0.767. The van der Waals surface area contributed by atoms with Crippen LogP contribution in [-0.2, 0) is 0 Å². The zero-order valence-corrected chi connectivity index (χ0v) is 8.08. The molecule has 1 aromatic carbocycles. The summed E-state index contributed by atoms with van der Waals surface area (Å²) in [6.45, 7) is 0. The fraction of sp³-hybridized carbons (Fsp3) is 0. The lowest BCUT2D eigenvalue weighted by molar-refractivity contribution is 0.422. The van der Waals surface area contributed by atoms with Gasteiger partial charge in [-0.2, -0.15) is 0 Å². The van der Waals surface area contributed by atoms with Gasteiger partial charge >= 0.3 is 0 Å². The minimum absolute atomic E-state index is 0.316. The molecule has 1 heterocycles. The van der Waals surface area contributed by atoms with Gasteiger partial charge in [0.15, 0.2) is 0 Å². The Balaban J connectivity index is 2.64. The molecule has 2 aromatic rings. The highest BCUT2D eigenvalue weighted by Gasteiger charge is 2.10. The molecule has 0 radical (unpaired) electrons. The number of rotatable bonds is 1. The molecule has 0 unspecified atom stereocenters. The van der Waals surface area contributed by atoms with Crippen LogP contribution < -0.4 is 0 Å². The second-order valence-electron chi connectivity index (χ2n) is 2.48. The zero-order chi connectivity index (χ0) is 9.26. The maximum Gasteiger partial charge on any atom is 0.133 e. The lowest BCUT2D eigenvalue weighted by atomic mass is 10.1. The molecular weight excluding hydrogens is 237 g/mol. The highest BCUT2D eigenvalue weighted by Crippen LogP contribution is 2.29. The van der Waals surface area contributed by atoms with Crippen LogP contribution in [0.2, 0.25) is 0 Å². The van der Waals surface area contributed by atoms with Crippen LogP contribution in [0, 0.1) is 5.82 Å². The van der Waals surface area contributed by atoms with Gasteiger partial charge in [-0.15, -0.1) is 0 Å². The summed E-state index contributed by atoms with van der Waals surface area (Å²) in [6.07, 6.45) is 1.41. The summed E-state index contributed by atoms with van der Waals surface area (Å²) in [5.74, 6) is -0.316. The molecule has 0 saturated heterocycles. The maximum atomic E-state index is 13.3. The highest BCUT2D eigenvalue weighted by atomic mass is 79.9. The van der Waals surface area contributed by atoms with E-state index in [1.54, 1.807) is 18.2 Å². The summed E-state index contributed by atoms with van der Waals surface area (Å²) >= 11 is 3.25. The second kappa shape index (κ2) is 3.30. The molecule has 2 nitrogen and oxygen atoms in total. The van der Waals surface area contributed by atoms with Crippen molar-refractivity contribution >= 4 is 15.9 Å². The van der Waals surface area contributed by atoms with Gasteiger partial charge in [-0.25, -0.2) is 4.39 Å². The van der Waals surface area contributed by atoms with Crippen LogP contribution in [0.4, 0.5) is 4.39 Å². The zero-order valence-electron chi connectivity index (χ0n) is 6.50. The summed E-state index contributed by atoms with van der Waals surface area (Å²) < 4.78 is 18.6. The van der Waals surface area contributed by atoms with Gasteiger partial charge in [0.25, 0.3) is 0 Å². The molecule has 66 valence electrons. The number of nitrogens with zero attached hydrogens (tertiary/aromatic N) is 1. The normalized spacial score (nSPS) is 10.3. The molecule has 0 saturated carbocycles. The number of aromatic nitrogens is 1. The first kappa shape index (κ1) is 8.44. The van der Waals surface area contributed by atoms with Gasteiger partial charge in [0.1, 0.15) is 17.8 Å². The molecule has 0 atom stereocenters. The van der Waals surface area contributed by atoms with Gasteiger partial charge in [-0.3, -0.25) is 0 Å². The van der Waals surface area contributed by atoms with E-state index in [-0.39, 0.29) is 5.82 Å². The third kappa shape index (κ3) is 1.49. The van der Waals surface area contributed by atoms with Crippen molar-refractivity contribution in [1.29, 1.82) is 0 Å². The van der Waals surface area contributed by atoms with Gasteiger partial charge in [-0.1, -0.05) is 11.2 Å². The Labute approximate surface area is 82.5 Å².